The van der Waals surface area contributed by atoms with Crippen molar-refractivity contribution in [3.63, 3.8) is 0 Å². The summed E-state index contributed by atoms with van der Waals surface area (Å²) in [7, 11) is 0. The highest BCUT2D eigenvalue weighted by Crippen LogP contribution is 2.24. The van der Waals surface area contributed by atoms with E-state index in [2.05, 4.69) is 20.9 Å². The molecule has 1 N–H and O–H groups in total. The summed E-state index contributed by atoms with van der Waals surface area (Å²) in [5.41, 5.74) is 1.98. The molecule has 1 aromatic heterocycles. The van der Waals surface area contributed by atoms with Gasteiger partial charge in [0.15, 0.2) is 5.76 Å². The number of aryl methyl sites for hydroxylation is 1. The molecule has 4 heteroatoms. The van der Waals surface area contributed by atoms with Gasteiger partial charge in [-0.25, -0.2) is 0 Å². The topological polar surface area (TPSA) is 28.9 Å². The molecule has 14 heavy (non-hydrogen) atoms. The molecule has 2 aromatic rings. The lowest BCUT2D eigenvalue weighted by Crippen LogP contribution is -1.77. The van der Waals surface area contributed by atoms with Crippen molar-refractivity contribution in [2.45, 2.75) is 6.92 Å². The summed E-state index contributed by atoms with van der Waals surface area (Å²) >= 11 is 8.30. The van der Waals surface area contributed by atoms with Gasteiger partial charge in [0.1, 0.15) is 0 Å². The first kappa shape index (κ1) is 9.68. The highest BCUT2D eigenvalue weighted by Gasteiger charge is 2.06. The minimum atomic E-state index is 0.417. The fourth-order valence-electron chi connectivity index (χ4n) is 1.28. The maximum atomic E-state index is 5.38. The van der Waals surface area contributed by atoms with Gasteiger partial charge in [0.05, 0.1) is 5.69 Å². The van der Waals surface area contributed by atoms with Crippen molar-refractivity contribution in [1.29, 1.82) is 0 Å². The molecule has 0 bridgehead atoms. The Balaban J connectivity index is 2.54. The van der Waals surface area contributed by atoms with Crippen molar-refractivity contribution in [3.05, 3.63) is 39.3 Å². The number of hydrogen-bond acceptors (Lipinski definition) is 2. The van der Waals surface area contributed by atoms with Crippen molar-refractivity contribution < 1.29 is 4.42 Å². The summed E-state index contributed by atoms with van der Waals surface area (Å²) in [6.07, 6.45) is 0. The first-order valence-corrected chi connectivity index (χ1v) is 5.32. The van der Waals surface area contributed by atoms with Gasteiger partial charge in [0.25, 0.3) is 4.84 Å². The van der Waals surface area contributed by atoms with Crippen LogP contribution in [0.3, 0.4) is 0 Å². The lowest BCUT2D eigenvalue weighted by molar-refractivity contribution is 0.554. The van der Waals surface area contributed by atoms with E-state index in [1.54, 1.807) is 0 Å². The van der Waals surface area contributed by atoms with Crippen molar-refractivity contribution in [2.75, 3.05) is 0 Å². The molecule has 0 radical (unpaired) electrons. The van der Waals surface area contributed by atoms with Crippen LogP contribution in [0, 0.1) is 11.8 Å². The van der Waals surface area contributed by atoms with Crippen molar-refractivity contribution in [1.82, 2.24) is 4.98 Å². The molecule has 2 nitrogen and oxygen atoms in total. The molecule has 1 aromatic carbocycles. The number of hydrogen-bond donors (Lipinski definition) is 1. The van der Waals surface area contributed by atoms with Crippen LogP contribution in [-0.4, -0.2) is 4.98 Å². The standard InChI is InChI=1S/C10H8BrNOS/c1-6-9(13-10(14)12-6)7-2-4-8(11)5-3-7/h2-5H,1H3,(H,12,14). The second kappa shape index (κ2) is 3.71. The van der Waals surface area contributed by atoms with Crippen LogP contribution in [0.5, 0.6) is 0 Å². The number of benzene rings is 1. The summed E-state index contributed by atoms with van der Waals surface area (Å²) < 4.78 is 6.43. The maximum Gasteiger partial charge on any atom is 0.266 e. The predicted molar refractivity (Wildman–Crippen MR) is 61.8 cm³/mol. The van der Waals surface area contributed by atoms with Crippen LogP contribution in [0.15, 0.2) is 33.2 Å². The van der Waals surface area contributed by atoms with Gasteiger partial charge in [-0.1, -0.05) is 28.1 Å². The zero-order chi connectivity index (χ0) is 10.1. The predicted octanol–water partition coefficient (Wildman–Crippen LogP) is 4.08. The van der Waals surface area contributed by atoms with E-state index < -0.39 is 0 Å². The molecule has 0 aliphatic rings. The Kier molecular flexibility index (Phi) is 2.56. The van der Waals surface area contributed by atoms with Gasteiger partial charge in [-0.05, 0) is 31.3 Å². The number of halogens is 1. The molecule has 0 aliphatic heterocycles. The summed E-state index contributed by atoms with van der Waals surface area (Å²) in [5.74, 6) is 0.808. The normalized spacial score (nSPS) is 10.4. The SMILES string of the molecule is Cc1[nH]c(=S)oc1-c1ccc(Br)cc1. The smallest absolute Gasteiger partial charge is 0.266 e. The Morgan fingerprint density at radius 1 is 1.29 bits per heavy atom. The van der Waals surface area contributed by atoms with E-state index in [1.807, 2.05) is 31.2 Å². The maximum absolute atomic E-state index is 5.38. The zero-order valence-corrected chi connectivity index (χ0v) is 9.91. The third-order valence-corrected chi connectivity index (χ3v) is 2.65. The van der Waals surface area contributed by atoms with E-state index >= 15 is 0 Å². The number of oxazole rings is 1. The first-order chi connectivity index (χ1) is 6.66. The number of aromatic nitrogens is 1. The third-order valence-electron chi connectivity index (χ3n) is 1.93. The highest BCUT2D eigenvalue weighted by atomic mass is 79.9. The van der Waals surface area contributed by atoms with Gasteiger partial charge in [0, 0.05) is 10.0 Å². The Morgan fingerprint density at radius 2 is 1.93 bits per heavy atom. The summed E-state index contributed by atoms with van der Waals surface area (Å²) in [4.78, 5) is 3.37. The average molecular weight is 270 g/mol. The molecule has 0 saturated carbocycles. The first-order valence-electron chi connectivity index (χ1n) is 4.12. The van der Waals surface area contributed by atoms with Gasteiger partial charge in [0.2, 0.25) is 0 Å². The number of H-pyrrole nitrogens is 1. The molecule has 72 valence electrons. The molecular weight excluding hydrogens is 262 g/mol. The van der Waals surface area contributed by atoms with Crippen LogP contribution in [0.4, 0.5) is 0 Å². The Hall–Kier alpha value is -0.870. The molecule has 0 aliphatic carbocycles. The minimum Gasteiger partial charge on any atom is -0.429 e. The molecule has 0 saturated heterocycles. The molecule has 0 fully saturated rings. The van der Waals surface area contributed by atoms with Crippen LogP contribution < -0.4 is 0 Å². The van der Waals surface area contributed by atoms with E-state index in [4.69, 9.17) is 16.6 Å². The van der Waals surface area contributed by atoms with E-state index in [9.17, 15) is 0 Å². The minimum absolute atomic E-state index is 0.417. The quantitative estimate of drug-likeness (QED) is 0.791. The van der Waals surface area contributed by atoms with Crippen molar-refractivity contribution in [3.8, 4) is 11.3 Å². The number of aromatic amines is 1. The number of nitrogens with one attached hydrogen (secondary N) is 1. The summed E-state index contributed by atoms with van der Waals surface area (Å²) in [6.45, 7) is 1.94. The van der Waals surface area contributed by atoms with Crippen LogP contribution in [0.25, 0.3) is 11.3 Å². The fourth-order valence-corrected chi connectivity index (χ4v) is 1.78. The molecule has 0 atom stereocenters. The summed E-state index contributed by atoms with van der Waals surface area (Å²) in [6, 6.07) is 7.91. The Morgan fingerprint density at radius 3 is 2.43 bits per heavy atom. The van der Waals surface area contributed by atoms with Crippen LogP contribution in [0.1, 0.15) is 5.69 Å². The van der Waals surface area contributed by atoms with E-state index in [1.165, 1.54) is 0 Å². The Labute approximate surface area is 95.1 Å². The lowest BCUT2D eigenvalue weighted by atomic mass is 10.1. The van der Waals surface area contributed by atoms with Gasteiger partial charge in [-0.15, -0.1) is 0 Å². The van der Waals surface area contributed by atoms with Crippen LogP contribution in [-0.2, 0) is 0 Å². The Bertz CT molecular complexity index is 498. The number of rotatable bonds is 1. The average Bonchev–Trinajstić information content (AvgIpc) is 2.47. The van der Waals surface area contributed by atoms with E-state index in [-0.39, 0.29) is 0 Å². The van der Waals surface area contributed by atoms with Crippen molar-refractivity contribution >= 4 is 28.1 Å². The molecule has 0 spiro atoms. The van der Waals surface area contributed by atoms with E-state index in [0.717, 1.165) is 21.5 Å². The van der Waals surface area contributed by atoms with Crippen LogP contribution in [0.2, 0.25) is 0 Å². The largest absolute Gasteiger partial charge is 0.429 e. The highest BCUT2D eigenvalue weighted by molar-refractivity contribution is 9.10. The third kappa shape index (κ3) is 1.81. The second-order valence-corrected chi connectivity index (χ2v) is 4.26. The van der Waals surface area contributed by atoms with Gasteiger partial charge >= 0.3 is 0 Å². The van der Waals surface area contributed by atoms with E-state index in [0.29, 0.717) is 4.84 Å². The summed E-state index contributed by atoms with van der Waals surface area (Å²) in [5, 5.41) is 0. The monoisotopic (exact) mass is 269 g/mol. The zero-order valence-electron chi connectivity index (χ0n) is 7.50. The second-order valence-electron chi connectivity index (χ2n) is 2.98. The molecular formula is C10H8BrNOS. The van der Waals surface area contributed by atoms with Gasteiger partial charge in [-0.3, -0.25) is 0 Å². The van der Waals surface area contributed by atoms with Gasteiger partial charge in [-0.2, -0.15) is 0 Å². The molecule has 0 amide bonds. The molecule has 1 heterocycles. The van der Waals surface area contributed by atoms with Gasteiger partial charge < -0.3 is 9.40 Å². The lowest BCUT2D eigenvalue weighted by Gasteiger charge is -1.97. The van der Waals surface area contributed by atoms with Crippen molar-refractivity contribution in [2.24, 2.45) is 0 Å². The molecule has 2 rings (SSSR count). The van der Waals surface area contributed by atoms with Crippen LogP contribution >= 0.6 is 28.1 Å². The fraction of sp³-hybridized carbons (Fsp3) is 0.100. The molecule has 0 unspecified atom stereocenters.